The van der Waals surface area contributed by atoms with Crippen molar-refractivity contribution in [3.8, 4) is 11.8 Å². The molecule has 0 aliphatic heterocycles. The molecule has 112 valence electrons. The molecule has 1 amide bonds. The van der Waals surface area contributed by atoms with E-state index in [1.54, 1.807) is 0 Å². The Morgan fingerprint density at radius 3 is 2.86 bits per heavy atom. The van der Waals surface area contributed by atoms with Crippen LogP contribution in [0.15, 0.2) is 24.3 Å². The van der Waals surface area contributed by atoms with Gasteiger partial charge in [0.05, 0.1) is 5.69 Å². The van der Waals surface area contributed by atoms with Gasteiger partial charge in [-0.15, -0.1) is 0 Å². The summed E-state index contributed by atoms with van der Waals surface area (Å²) in [6.07, 6.45) is 4.36. The van der Waals surface area contributed by atoms with Crippen LogP contribution in [-0.4, -0.2) is 17.6 Å². The summed E-state index contributed by atoms with van der Waals surface area (Å²) in [6, 6.07) is 7.47. The van der Waals surface area contributed by atoms with Crippen LogP contribution in [0.2, 0.25) is 0 Å². The Hall–Kier alpha value is -1.79. The highest BCUT2D eigenvalue weighted by Gasteiger charge is 2.37. The fourth-order valence-electron chi connectivity index (χ4n) is 3.04. The molecule has 1 aliphatic carbocycles. The molecule has 0 heterocycles. The minimum Gasteiger partial charge on any atom is -0.384 e. The van der Waals surface area contributed by atoms with E-state index < -0.39 is 0 Å². The topological polar surface area (TPSA) is 49.3 Å². The molecule has 2 N–H and O–H groups in total. The Labute approximate surface area is 126 Å². The van der Waals surface area contributed by atoms with Crippen LogP contribution in [0.5, 0.6) is 0 Å². The highest BCUT2D eigenvalue weighted by Crippen LogP contribution is 2.41. The zero-order valence-electron chi connectivity index (χ0n) is 12.8. The lowest BCUT2D eigenvalue weighted by Gasteiger charge is -2.37. The van der Waals surface area contributed by atoms with Crippen LogP contribution < -0.4 is 5.32 Å². The van der Waals surface area contributed by atoms with Gasteiger partial charge < -0.3 is 10.4 Å². The molecule has 3 heteroatoms. The first-order chi connectivity index (χ1) is 10.0. The second-order valence-corrected chi connectivity index (χ2v) is 6.28. The van der Waals surface area contributed by atoms with Crippen molar-refractivity contribution in [1.29, 1.82) is 0 Å². The van der Waals surface area contributed by atoms with Crippen molar-refractivity contribution < 1.29 is 9.90 Å². The number of carbonyl (C=O) groups excluding carboxylic acids is 1. The SMILES string of the molecule is CC1(C)CCCCC1C(=O)Nc1ccccc1C#CCO. The number of hydrogen-bond donors (Lipinski definition) is 2. The number of anilines is 1. The van der Waals surface area contributed by atoms with E-state index >= 15 is 0 Å². The molecule has 1 fully saturated rings. The standard InChI is InChI=1S/C18H23NO2/c1-18(2)12-6-5-10-15(18)17(21)19-16-11-4-3-8-14(16)9-7-13-20/h3-4,8,11,15,20H,5-6,10,12-13H2,1-2H3,(H,19,21). The molecule has 0 saturated heterocycles. The van der Waals surface area contributed by atoms with Crippen LogP contribution in [0.1, 0.15) is 45.1 Å². The fraction of sp³-hybridized carbons (Fsp3) is 0.500. The summed E-state index contributed by atoms with van der Waals surface area (Å²) >= 11 is 0. The van der Waals surface area contributed by atoms with Gasteiger partial charge in [-0.3, -0.25) is 4.79 Å². The van der Waals surface area contributed by atoms with Crippen molar-refractivity contribution >= 4 is 11.6 Å². The predicted octanol–water partition coefficient (Wildman–Crippen LogP) is 3.19. The molecule has 0 spiro atoms. The van der Waals surface area contributed by atoms with Crippen molar-refractivity contribution in [3.05, 3.63) is 29.8 Å². The normalized spacial score (nSPS) is 20.2. The lowest BCUT2D eigenvalue weighted by Crippen LogP contribution is -2.37. The van der Waals surface area contributed by atoms with Gasteiger partial charge in [0.2, 0.25) is 5.91 Å². The van der Waals surface area contributed by atoms with Gasteiger partial charge in [0, 0.05) is 11.5 Å². The summed E-state index contributed by atoms with van der Waals surface area (Å²) in [5.41, 5.74) is 1.52. The number of amides is 1. The van der Waals surface area contributed by atoms with Gasteiger partial charge in [0.15, 0.2) is 0 Å². The Balaban J connectivity index is 2.16. The molecule has 1 aromatic carbocycles. The number of benzene rings is 1. The monoisotopic (exact) mass is 285 g/mol. The van der Waals surface area contributed by atoms with E-state index in [9.17, 15) is 4.79 Å². The smallest absolute Gasteiger partial charge is 0.228 e. The zero-order chi connectivity index (χ0) is 15.3. The number of carbonyl (C=O) groups is 1. The number of hydrogen-bond acceptors (Lipinski definition) is 2. The maximum Gasteiger partial charge on any atom is 0.228 e. The highest BCUT2D eigenvalue weighted by atomic mass is 16.2. The first-order valence-electron chi connectivity index (χ1n) is 7.54. The minimum absolute atomic E-state index is 0.0464. The Morgan fingerprint density at radius 1 is 1.38 bits per heavy atom. The Bertz CT molecular complexity index is 566. The fourth-order valence-corrected chi connectivity index (χ4v) is 3.04. The number of para-hydroxylation sites is 1. The van der Waals surface area contributed by atoms with E-state index in [2.05, 4.69) is 31.0 Å². The lowest BCUT2D eigenvalue weighted by molar-refractivity contribution is -0.124. The maximum atomic E-state index is 12.6. The molecule has 3 nitrogen and oxygen atoms in total. The molecular weight excluding hydrogens is 262 g/mol. The molecule has 0 aromatic heterocycles. The molecule has 1 aliphatic rings. The molecule has 0 radical (unpaired) electrons. The Kier molecular flexibility index (Phi) is 5.03. The second kappa shape index (κ2) is 6.78. The number of aliphatic hydroxyl groups excluding tert-OH is 1. The number of aliphatic hydroxyl groups is 1. The van der Waals surface area contributed by atoms with E-state index in [4.69, 9.17) is 5.11 Å². The maximum absolute atomic E-state index is 12.6. The Morgan fingerprint density at radius 2 is 2.14 bits per heavy atom. The van der Waals surface area contributed by atoms with Gasteiger partial charge in [0.25, 0.3) is 0 Å². The van der Waals surface area contributed by atoms with Gasteiger partial charge in [-0.1, -0.05) is 50.7 Å². The van der Waals surface area contributed by atoms with Crippen LogP contribution in [0.25, 0.3) is 0 Å². The molecular formula is C18H23NO2. The van der Waals surface area contributed by atoms with E-state index in [-0.39, 0.29) is 23.8 Å². The molecule has 21 heavy (non-hydrogen) atoms. The third-order valence-electron chi connectivity index (χ3n) is 4.31. The van der Waals surface area contributed by atoms with Gasteiger partial charge in [0.1, 0.15) is 6.61 Å². The molecule has 0 bridgehead atoms. The number of rotatable bonds is 2. The van der Waals surface area contributed by atoms with Crippen LogP contribution in [0.4, 0.5) is 5.69 Å². The summed E-state index contributed by atoms with van der Waals surface area (Å²) in [5, 5.41) is 11.8. The zero-order valence-corrected chi connectivity index (χ0v) is 12.8. The van der Waals surface area contributed by atoms with Crippen LogP contribution in [0.3, 0.4) is 0 Å². The first-order valence-corrected chi connectivity index (χ1v) is 7.54. The highest BCUT2D eigenvalue weighted by molar-refractivity contribution is 5.94. The predicted molar refractivity (Wildman–Crippen MR) is 84.8 cm³/mol. The summed E-state index contributed by atoms with van der Waals surface area (Å²) in [6.45, 7) is 4.17. The molecule has 1 unspecified atom stereocenters. The number of nitrogens with one attached hydrogen (secondary N) is 1. The summed E-state index contributed by atoms with van der Waals surface area (Å²) in [7, 11) is 0. The van der Waals surface area contributed by atoms with Crippen molar-refractivity contribution in [3.63, 3.8) is 0 Å². The average Bonchev–Trinajstić information content (AvgIpc) is 2.45. The summed E-state index contributed by atoms with van der Waals surface area (Å²) < 4.78 is 0. The van der Waals surface area contributed by atoms with E-state index in [1.165, 1.54) is 6.42 Å². The van der Waals surface area contributed by atoms with E-state index in [1.807, 2.05) is 24.3 Å². The summed E-state index contributed by atoms with van der Waals surface area (Å²) in [4.78, 5) is 12.6. The van der Waals surface area contributed by atoms with Crippen LogP contribution in [-0.2, 0) is 4.79 Å². The quantitative estimate of drug-likeness (QED) is 0.820. The van der Waals surface area contributed by atoms with E-state index in [0.717, 1.165) is 30.5 Å². The van der Waals surface area contributed by atoms with Gasteiger partial charge >= 0.3 is 0 Å². The van der Waals surface area contributed by atoms with Crippen LogP contribution >= 0.6 is 0 Å². The lowest BCUT2D eigenvalue weighted by atomic mass is 9.68. The second-order valence-electron chi connectivity index (χ2n) is 6.28. The average molecular weight is 285 g/mol. The van der Waals surface area contributed by atoms with E-state index in [0.29, 0.717) is 0 Å². The molecule has 2 rings (SSSR count). The van der Waals surface area contributed by atoms with Gasteiger partial charge in [-0.2, -0.15) is 0 Å². The largest absolute Gasteiger partial charge is 0.384 e. The van der Waals surface area contributed by atoms with Crippen molar-refractivity contribution in [2.75, 3.05) is 11.9 Å². The molecule has 1 saturated carbocycles. The third-order valence-corrected chi connectivity index (χ3v) is 4.31. The molecule has 1 aromatic rings. The molecule has 1 atom stereocenters. The van der Waals surface area contributed by atoms with Gasteiger partial charge in [-0.05, 0) is 30.4 Å². The summed E-state index contributed by atoms with van der Waals surface area (Å²) in [5.74, 6) is 5.63. The van der Waals surface area contributed by atoms with Crippen molar-refractivity contribution in [1.82, 2.24) is 0 Å². The first kappa shape index (κ1) is 15.6. The van der Waals surface area contributed by atoms with Crippen molar-refractivity contribution in [2.24, 2.45) is 11.3 Å². The minimum atomic E-state index is -0.183. The third kappa shape index (κ3) is 3.86. The van der Waals surface area contributed by atoms with Gasteiger partial charge in [-0.25, -0.2) is 0 Å². The van der Waals surface area contributed by atoms with Crippen LogP contribution in [0, 0.1) is 23.2 Å². The van der Waals surface area contributed by atoms with Crippen molar-refractivity contribution in [2.45, 2.75) is 39.5 Å².